The molecule has 1 rings (SSSR count). The predicted molar refractivity (Wildman–Crippen MR) is 53.7 cm³/mol. The molecular formula is C11H15NO. The highest BCUT2D eigenvalue weighted by molar-refractivity contribution is 5.57. The maximum Gasteiger partial charge on any atom is 0.137 e. The van der Waals surface area contributed by atoms with Crippen molar-refractivity contribution in [2.24, 2.45) is 5.73 Å². The zero-order chi connectivity index (χ0) is 9.84. The van der Waals surface area contributed by atoms with E-state index in [0.717, 1.165) is 11.8 Å². The van der Waals surface area contributed by atoms with Crippen molar-refractivity contribution in [3.05, 3.63) is 34.9 Å². The monoisotopic (exact) mass is 177 g/mol. The first-order valence-electron chi connectivity index (χ1n) is 4.40. The van der Waals surface area contributed by atoms with Gasteiger partial charge in [0.25, 0.3) is 0 Å². The fourth-order valence-corrected chi connectivity index (χ4v) is 1.51. The average Bonchev–Trinajstić information content (AvgIpc) is 2.02. The maximum absolute atomic E-state index is 10.4. The number of aldehydes is 1. The molecule has 1 aromatic rings. The van der Waals surface area contributed by atoms with Crippen LogP contribution < -0.4 is 5.73 Å². The zero-order valence-corrected chi connectivity index (χ0v) is 8.08. The fourth-order valence-electron chi connectivity index (χ4n) is 1.51. The van der Waals surface area contributed by atoms with Crippen LogP contribution >= 0.6 is 0 Å². The number of hydrogen-bond donors (Lipinski definition) is 1. The molecule has 2 heteroatoms. The first-order chi connectivity index (χ1) is 6.11. The summed E-state index contributed by atoms with van der Waals surface area (Å²) < 4.78 is 0. The zero-order valence-electron chi connectivity index (χ0n) is 8.08. The quantitative estimate of drug-likeness (QED) is 0.709. The van der Waals surface area contributed by atoms with E-state index in [-0.39, 0.29) is 6.04 Å². The molecule has 0 saturated heterocycles. The molecule has 2 N–H and O–H groups in total. The second-order valence-corrected chi connectivity index (χ2v) is 3.50. The summed E-state index contributed by atoms with van der Waals surface area (Å²) in [4.78, 5) is 10.4. The molecule has 0 radical (unpaired) electrons. The minimum Gasteiger partial charge on any atom is -0.321 e. The van der Waals surface area contributed by atoms with E-state index in [0.29, 0.717) is 6.42 Å². The van der Waals surface area contributed by atoms with Gasteiger partial charge in [0.2, 0.25) is 0 Å². The Kier molecular flexibility index (Phi) is 3.20. The van der Waals surface area contributed by atoms with Crippen molar-refractivity contribution in [2.45, 2.75) is 26.3 Å². The number of hydrogen-bond acceptors (Lipinski definition) is 2. The standard InChI is InChI=1S/C11H15NO/c1-8-3-9(2)5-10(4-8)6-11(12)7-13/h3-5,7,11H,6,12H2,1-2H3. The van der Waals surface area contributed by atoms with E-state index in [1.807, 2.05) is 13.8 Å². The van der Waals surface area contributed by atoms with Gasteiger partial charge in [0.15, 0.2) is 0 Å². The highest BCUT2D eigenvalue weighted by atomic mass is 16.1. The van der Waals surface area contributed by atoms with E-state index in [2.05, 4.69) is 18.2 Å². The Morgan fingerprint density at radius 3 is 2.31 bits per heavy atom. The van der Waals surface area contributed by atoms with Gasteiger partial charge >= 0.3 is 0 Å². The second-order valence-electron chi connectivity index (χ2n) is 3.50. The Hall–Kier alpha value is -1.15. The van der Waals surface area contributed by atoms with E-state index in [4.69, 9.17) is 5.73 Å². The van der Waals surface area contributed by atoms with Gasteiger partial charge in [0.05, 0.1) is 6.04 Å². The molecule has 0 aliphatic heterocycles. The number of nitrogens with two attached hydrogens (primary N) is 1. The molecule has 70 valence electrons. The van der Waals surface area contributed by atoms with E-state index in [1.54, 1.807) is 0 Å². The molecule has 0 spiro atoms. The molecule has 0 aliphatic rings. The minimum absolute atomic E-state index is 0.374. The molecule has 1 aromatic carbocycles. The molecule has 0 heterocycles. The number of rotatable bonds is 3. The van der Waals surface area contributed by atoms with E-state index in [1.165, 1.54) is 11.1 Å². The van der Waals surface area contributed by atoms with Crippen molar-refractivity contribution >= 4 is 6.29 Å². The van der Waals surface area contributed by atoms with Crippen LogP contribution in [0.3, 0.4) is 0 Å². The molecule has 0 amide bonds. The summed E-state index contributed by atoms with van der Waals surface area (Å²) in [5, 5.41) is 0. The van der Waals surface area contributed by atoms with Crippen LogP contribution in [0.15, 0.2) is 18.2 Å². The van der Waals surface area contributed by atoms with Crippen LogP contribution in [0.1, 0.15) is 16.7 Å². The summed E-state index contributed by atoms with van der Waals surface area (Å²) in [6.07, 6.45) is 1.42. The first-order valence-corrected chi connectivity index (χ1v) is 4.40. The smallest absolute Gasteiger partial charge is 0.137 e. The molecule has 1 atom stereocenters. The summed E-state index contributed by atoms with van der Waals surface area (Å²) >= 11 is 0. The third-order valence-corrected chi connectivity index (χ3v) is 1.93. The number of carbonyl (C=O) groups excluding carboxylic acids is 1. The Morgan fingerprint density at radius 1 is 1.31 bits per heavy atom. The number of benzene rings is 1. The van der Waals surface area contributed by atoms with Crippen LogP contribution in [0.2, 0.25) is 0 Å². The van der Waals surface area contributed by atoms with Gasteiger partial charge in [0.1, 0.15) is 6.29 Å². The summed E-state index contributed by atoms with van der Waals surface area (Å²) in [6, 6.07) is 5.86. The highest BCUT2D eigenvalue weighted by Crippen LogP contribution is 2.09. The van der Waals surface area contributed by atoms with Gasteiger partial charge in [-0.05, 0) is 25.8 Å². The van der Waals surface area contributed by atoms with Crippen molar-refractivity contribution in [1.29, 1.82) is 0 Å². The van der Waals surface area contributed by atoms with Crippen molar-refractivity contribution in [3.63, 3.8) is 0 Å². The Balaban J connectivity index is 2.82. The maximum atomic E-state index is 10.4. The minimum atomic E-state index is -0.374. The topological polar surface area (TPSA) is 43.1 Å². The number of carbonyl (C=O) groups is 1. The van der Waals surface area contributed by atoms with Gasteiger partial charge in [-0.15, -0.1) is 0 Å². The SMILES string of the molecule is Cc1cc(C)cc(CC(N)C=O)c1. The average molecular weight is 177 g/mol. The van der Waals surface area contributed by atoms with E-state index in [9.17, 15) is 4.79 Å². The number of aryl methyl sites for hydroxylation is 2. The van der Waals surface area contributed by atoms with Crippen LogP contribution in [0, 0.1) is 13.8 Å². The molecular weight excluding hydrogens is 162 g/mol. The van der Waals surface area contributed by atoms with Gasteiger partial charge in [-0.2, -0.15) is 0 Å². The van der Waals surface area contributed by atoms with Gasteiger partial charge in [0, 0.05) is 0 Å². The lowest BCUT2D eigenvalue weighted by Gasteiger charge is -2.06. The molecule has 2 nitrogen and oxygen atoms in total. The van der Waals surface area contributed by atoms with Crippen molar-refractivity contribution in [3.8, 4) is 0 Å². The first kappa shape index (κ1) is 9.93. The largest absolute Gasteiger partial charge is 0.321 e. The lowest BCUT2D eigenvalue weighted by Crippen LogP contribution is -2.24. The van der Waals surface area contributed by atoms with Crippen molar-refractivity contribution in [2.75, 3.05) is 0 Å². The predicted octanol–water partition coefficient (Wildman–Crippen LogP) is 1.37. The second kappa shape index (κ2) is 4.19. The Labute approximate surface area is 78.8 Å². The van der Waals surface area contributed by atoms with Gasteiger partial charge < -0.3 is 10.5 Å². The third-order valence-electron chi connectivity index (χ3n) is 1.93. The summed E-state index contributed by atoms with van der Waals surface area (Å²) in [7, 11) is 0. The molecule has 0 aliphatic carbocycles. The molecule has 0 bridgehead atoms. The van der Waals surface area contributed by atoms with Gasteiger partial charge in [-0.1, -0.05) is 29.3 Å². The van der Waals surface area contributed by atoms with Gasteiger partial charge in [-0.3, -0.25) is 0 Å². The lowest BCUT2D eigenvalue weighted by molar-refractivity contribution is -0.108. The Morgan fingerprint density at radius 2 is 1.85 bits per heavy atom. The van der Waals surface area contributed by atoms with Gasteiger partial charge in [-0.25, -0.2) is 0 Å². The third kappa shape index (κ3) is 2.99. The summed E-state index contributed by atoms with van der Waals surface area (Å²) in [5.41, 5.74) is 9.10. The molecule has 0 aromatic heterocycles. The lowest BCUT2D eigenvalue weighted by atomic mass is 10.0. The molecule has 0 fully saturated rings. The molecule has 1 unspecified atom stereocenters. The van der Waals surface area contributed by atoms with E-state index < -0.39 is 0 Å². The molecule has 13 heavy (non-hydrogen) atoms. The summed E-state index contributed by atoms with van der Waals surface area (Å²) in [6.45, 7) is 4.09. The van der Waals surface area contributed by atoms with Crippen LogP contribution in [0.25, 0.3) is 0 Å². The van der Waals surface area contributed by atoms with Crippen molar-refractivity contribution < 1.29 is 4.79 Å². The highest BCUT2D eigenvalue weighted by Gasteiger charge is 2.02. The normalized spacial score (nSPS) is 12.5. The molecule has 0 saturated carbocycles. The van der Waals surface area contributed by atoms with Crippen LogP contribution in [-0.4, -0.2) is 12.3 Å². The van der Waals surface area contributed by atoms with E-state index >= 15 is 0 Å². The Bertz CT molecular complexity index is 287. The van der Waals surface area contributed by atoms with Crippen LogP contribution in [0.4, 0.5) is 0 Å². The van der Waals surface area contributed by atoms with Crippen LogP contribution in [-0.2, 0) is 11.2 Å². The fraction of sp³-hybridized carbons (Fsp3) is 0.364. The van der Waals surface area contributed by atoms with Crippen molar-refractivity contribution in [1.82, 2.24) is 0 Å². The summed E-state index contributed by atoms with van der Waals surface area (Å²) in [5.74, 6) is 0. The van der Waals surface area contributed by atoms with Crippen LogP contribution in [0.5, 0.6) is 0 Å².